The van der Waals surface area contributed by atoms with Crippen LogP contribution in [0.2, 0.25) is 0 Å². The maximum absolute atomic E-state index is 8.82. The van der Waals surface area contributed by atoms with Crippen LogP contribution in [-0.4, -0.2) is 17.0 Å². The SMILES string of the molecule is CC(CCO)Sc1ccc(N)c(CC#N)c1. The smallest absolute Gasteiger partial charge is 0.0670 e. The van der Waals surface area contributed by atoms with Crippen molar-refractivity contribution in [2.24, 2.45) is 0 Å². The predicted molar refractivity (Wildman–Crippen MR) is 67.2 cm³/mol. The van der Waals surface area contributed by atoms with Crippen LogP contribution in [0.25, 0.3) is 0 Å². The first-order valence-electron chi connectivity index (χ1n) is 5.20. The summed E-state index contributed by atoms with van der Waals surface area (Å²) in [7, 11) is 0. The van der Waals surface area contributed by atoms with Crippen molar-refractivity contribution in [3.8, 4) is 6.07 Å². The number of anilines is 1. The fourth-order valence-electron chi connectivity index (χ4n) is 1.37. The summed E-state index contributed by atoms with van der Waals surface area (Å²) in [5.41, 5.74) is 7.31. The van der Waals surface area contributed by atoms with Crippen LogP contribution in [0.4, 0.5) is 5.69 Å². The van der Waals surface area contributed by atoms with Crippen molar-refractivity contribution in [1.29, 1.82) is 5.26 Å². The Kier molecular flexibility index (Phi) is 5.17. The normalized spacial score (nSPS) is 12.1. The summed E-state index contributed by atoms with van der Waals surface area (Å²) in [6.45, 7) is 2.27. The third-order valence-corrected chi connectivity index (χ3v) is 3.42. The third-order valence-electron chi connectivity index (χ3n) is 2.26. The van der Waals surface area contributed by atoms with E-state index in [9.17, 15) is 0 Å². The number of aliphatic hydroxyl groups excluding tert-OH is 1. The van der Waals surface area contributed by atoms with Crippen LogP contribution in [0, 0.1) is 11.3 Å². The van der Waals surface area contributed by atoms with Crippen LogP contribution in [0.15, 0.2) is 23.1 Å². The van der Waals surface area contributed by atoms with Gasteiger partial charge in [0, 0.05) is 22.4 Å². The summed E-state index contributed by atoms with van der Waals surface area (Å²) in [5.74, 6) is 0. The highest BCUT2D eigenvalue weighted by molar-refractivity contribution is 7.99. The minimum Gasteiger partial charge on any atom is -0.398 e. The van der Waals surface area contributed by atoms with Crippen LogP contribution in [0.1, 0.15) is 18.9 Å². The first-order chi connectivity index (χ1) is 7.67. The minimum absolute atomic E-state index is 0.203. The molecule has 1 aromatic carbocycles. The summed E-state index contributed by atoms with van der Waals surface area (Å²) in [5, 5.41) is 17.8. The van der Waals surface area contributed by atoms with E-state index in [0.717, 1.165) is 16.9 Å². The quantitative estimate of drug-likeness (QED) is 0.607. The first kappa shape index (κ1) is 12.9. The second-order valence-corrected chi connectivity index (χ2v) is 5.15. The van der Waals surface area contributed by atoms with E-state index < -0.39 is 0 Å². The number of nitrogens with zero attached hydrogens (tertiary/aromatic N) is 1. The molecule has 1 aromatic rings. The van der Waals surface area contributed by atoms with Crippen LogP contribution in [0.5, 0.6) is 0 Å². The van der Waals surface area contributed by atoms with Gasteiger partial charge in [0.2, 0.25) is 0 Å². The van der Waals surface area contributed by atoms with Crippen LogP contribution in [-0.2, 0) is 6.42 Å². The minimum atomic E-state index is 0.203. The average molecular weight is 236 g/mol. The second-order valence-electron chi connectivity index (χ2n) is 3.64. The molecule has 0 heterocycles. The Hall–Kier alpha value is -1.18. The highest BCUT2D eigenvalue weighted by atomic mass is 32.2. The van der Waals surface area contributed by atoms with E-state index in [1.165, 1.54) is 0 Å². The van der Waals surface area contributed by atoms with Crippen molar-refractivity contribution in [1.82, 2.24) is 0 Å². The summed E-state index contributed by atoms with van der Waals surface area (Å²) in [6.07, 6.45) is 1.11. The zero-order valence-electron chi connectivity index (χ0n) is 9.31. The Morgan fingerprint density at radius 3 is 2.94 bits per heavy atom. The average Bonchev–Trinajstić information content (AvgIpc) is 2.24. The molecule has 0 aliphatic carbocycles. The van der Waals surface area contributed by atoms with E-state index in [0.29, 0.717) is 17.4 Å². The molecule has 4 heteroatoms. The van der Waals surface area contributed by atoms with Crippen molar-refractivity contribution in [2.45, 2.75) is 29.9 Å². The Balaban J connectivity index is 2.75. The van der Waals surface area contributed by atoms with E-state index >= 15 is 0 Å². The van der Waals surface area contributed by atoms with Gasteiger partial charge in [0.05, 0.1) is 12.5 Å². The molecule has 0 aliphatic heterocycles. The molecule has 0 amide bonds. The Morgan fingerprint density at radius 2 is 2.31 bits per heavy atom. The van der Waals surface area contributed by atoms with Gasteiger partial charge in [-0.25, -0.2) is 0 Å². The van der Waals surface area contributed by atoms with Gasteiger partial charge in [-0.2, -0.15) is 5.26 Å². The molecule has 0 spiro atoms. The number of aliphatic hydroxyl groups is 1. The van der Waals surface area contributed by atoms with Crippen molar-refractivity contribution in [3.05, 3.63) is 23.8 Å². The zero-order valence-corrected chi connectivity index (χ0v) is 10.1. The topological polar surface area (TPSA) is 70.0 Å². The number of nitrogens with two attached hydrogens (primary N) is 1. The maximum Gasteiger partial charge on any atom is 0.0670 e. The summed E-state index contributed by atoms with van der Waals surface area (Å²) in [4.78, 5) is 1.10. The molecule has 1 rings (SSSR count). The van der Waals surface area contributed by atoms with E-state index in [4.69, 9.17) is 16.1 Å². The Bertz CT molecular complexity index is 387. The second kappa shape index (κ2) is 6.41. The lowest BCUT2D eigenvalue weighted by Gasteiger charge is -2.11. The molecule has 0 fully saturated rings. The Labute approximate surface area is 100 Å². The van der Waals surface area contributed by atoms with E-state index in [-0.39, 0.29) is 6.61 Å². The van der Waals surface area contributed by atoms with E-state index in [1.807, 2.05) is 18.2 Å². The molecular formula is C12H16N2OS. The van der Waals surface area contributed by atoms with Crippen LogP contribution < -0.4 is 5.73 Å². The fourth-order valence-corrected chi connectivity index (χ4v) is 2.41. The van der Waals surface area contributed by atoms with Gasteiger partial charge in [-0.1, -0.05) is 6.92 Å². The molecule has 1 atom stereocenters. The largest absolute Gasteiger partial charge is 0.398 e. The van der Waals surface area contributed by atoms with Gasteiger partial charge in [-0.15, -0.1) is 11.8 Å². The lowest BCUT2D eigenvalue weighted by molar-refractivity contribution is 0.289. The van der Waals surface area contributed by atoms with Crippen molar-refractivity contribution < 1.29 is 5.11 Å². The van der Waals surface area contributed by atoms with Crippen molar-refractivity contribution in [2.75, 3.05) is 12.3 Å². The highest BCUT2D eigenvalue weighted by Gasteiger charge is 2.06. The molecule has 3 nitrogen and oxygen atoms in total. The number of rotatable bonds is 5. The molecule has 0 saturated carbocycles. The standard InChI is InChI=1S/C12H16N2OS/c1-9(5-7-15)16-11-2-3-12(14)10(8-11)4-6-13/h2-3,8-9,15H,4-5,7,14H2,1H3. The Morgan fingerprint density at radius 1 is 1.56 bits per heavy atom. The fraction of sp³-hybridized carbons (Fsp3) is 0.417. The first-order valence-corrected chi connectivity index (χ1v) is 6.08. The van der Waals surface area contributed by atoms with Gasteiger partial charge in [-0.3, -0.25) is 0 Å². The third kappa shape index (κ3) is 3.76. The van der Waals surface area contributed by atoms with E-state index in [2.05, 4.69) is 13.0 Å². The number of thioether (sulfide) groups is 1. The molecule has 1 unspecified atom stereocenters. The number of benzene rings is 1. The molecule has 3 N–H and O–H groups in total. The highest BCUT2D eigenvalue weighted by Crippen LogP contribution is 2.27. The van der Waals surface area contributed by atoms with Crippen LogP contribution >= 0.6 is 11.8 Å². The summed E-state index contributed by atoms with van der Waals surface area (Å²) in [6, 6.07) is 7.84. The summed E-state index contributed by atoms with van der Waals surface area (Å²) >= 11 is 1.69. The van der Waals surface area contributed by atoms with Gasteiger partial charge >= 0.3 is 0 Å². The number of nitriles is 1. The van der Waals surface area contributed by atoms with Gasteiger partial charge in [0.1, 0.15) is 0 Å². The van der Waals surface area contributed by atoms with Crippen molar-refractivity contribution >= 4 is 17.4 Å². The predicted octanol–water partition coefficient (Wildman–Crippen LogP) is 2.20. The lowest BCUT2D eigenvalue weighted by atomic mass is 10.1. The van der Waals surface area contributed by atoms with Crippen molar-refractivity contribution in [3.63, 3.8) is 0 Å². The molecule has 0 aromatic heterocycles. The van der Waals surface area contributed by atoms with Gasteiger partial charge in [0.15, 0.2) is 0 Å². The lowest BCUT2D eigenvalue weighted by Crippen LogP contribution is -2.00. The molecule has 86 valence electrons. The maximum atomic E-state index is 8.82. The summed E-state index contributed by atoms with van der Waals surface area (Å²) < 4.78 is 0. The number of nitrogen functional groups attached to an aromatic ring is 1. The number of hydrogen-bond acceptors (Lipinski definition) is 4. The molecule has 0 aliphatic rings. The van der Waals surface area contributed by atoms with Gasteiger partial charge in [-0.05, 0) is 30.2 Å². The molecule has 0 bridgehead atoms. The van der Waals surface area contributed by atoms with Crippen LogP contribution in [0.3, 0.4) is 0 Å². The molecule has 16 heavy (non-hydrogen) atoms. The zero-order chi connectivity index (χ0) is 12.0. The molecular weight excluding hydrogens is 220 g/mol. The molecule has 0 radical (unpaired) electrons. The number of hydrogen-bond donors (Lipinski definition) is 2. The van der Waals surface area contributed by atoms with E-state index in [1.54, 1.807) is 11.8 Å². The monoisotopic (exact) mass is 236 g/mol. The van der Waals surface area contributed by atoms with Gasteiger partial charge in [0.25, 0.3) is 0 Å². The molecule has 0 saturated heterocycles. The van der Waals surface area contributed by atoms with Gasteiger partial charge < -0.3 is 10.8 Å².